The SMILES string of the molecule is CNCc1nn(-c2ccccc2Cl)c(C)cc1=O. The summed E-state index contributed by atoms with van der Waals surface area (Å²) >= 11 is 6.15. The van der Waals surface area contributed by atoms with E-state index >= 15 is 0 Å². The number of aryl methyl sites for hydroxylation is 1. The standard InChI is InChI=1S/C13H14ClN3O/c1-9-7-13(18)11(8-15-2)16-17(9)12-6-4-3-5-10(12)14/h3-7,15H,8H2,1-2H3. The summed E-state index contributed by atoms with van der Waals surface area (Å²) in [4.78, 5) is 11.7. The third kappa shape index (κ3) is 2.44. The first kappa shape index (κ1) is 12.8. The molecule has 0 aliphatic rings. The lowest BCUT2D eigenvalue weighted by Crippen LogP contribution is -2.22. The van der Waals surface area contributed by atoms with Gasteiger partial charge in [0.25, 0.3) is 0 Å². The zero-order valence-corrected chi connectivity index (χ0v) is 11.0. The van der Waals surface area contributed by atoms with E-state index in [4.69, 9.17) is 11.6 Å². The van der Waals surface area contributed by atoms with Crippen molar-refractivity contribution in [2.24, 2.45) is 0 Å². The molecule has 0 atom stereocenters. The fraction of sp³-hybridized carbons (Fsp3) is 0.231. The molecule has 1 aromatic carbocycles. The zero-order valence-electron chi connectivity index (χ0n) is 10.3. The Balaban J connectivity index is 2.61. The summed E-state index contributed by atoms with van der Waals surface area (Å²) in [5, 5.41) is 7.88. The second-order valence-corrected chi connectivity index (χ2v) is 4.40. The maximum Gasteiger partial charge on any atom is 0.204 e. The van der Waals surface area contributed by atoms with E-state index in [1.165, 1.54) is 0 Å². The Labute approximate surface area is 110 Å². The molecule has 0 saturated heterocycles. The van der Waals surface area contributed by atoms with Gasteiger partial charge in [-0.2, -0.15) is 5.10 Å². The minimum absolute atomic E-state index is 0.0647. The minimum atomic E-state index is -0.0647. The van der Waals surface area contributed by atoms with Crippen molar-refractivity contribution in [3.8, 4) is 5.69 Å². The van der Waals surface area contributed by atoms with Crippen LogP contribution in [0.5, 0.6) is 0 Å². The normalized spacial score (nSPS) is 10.6. The highest BCUT2D eigenvalue weighted by Crippen LogP contribution is 2.19. The van der Waals surface area contributed by atoms with Crippen LogP contribution in [0.3, 0.4) is 0 Å². The van der Waals surface area contributed by atoms with E-state index in [-0.39, 0.29) is 5.43 Å². The van der Waals surface area contributed by atoms with E-state index in [1.807, 2.05) is 25.1 Å². The number of nitrogens with one attached hydrogen (secondary N) is 1. The number of hydrogen-bond acceptors (Lipinski definition) is 3. The molecule has 0 spiro atoms. The van der Waals surface area contributed by atoms with E-state index in [9.17, 15) is 4.79 Å². The van der Waals surface area contributed by atoms with E-state index in [0.29, 0.717) is 17.3 Å². The van der Waals surface area contributed by atoms with E-state index < -0.39 is 0 Å². The molecule has 0 amide bonds. The highest BCUT2D eigenvalue weighted by Gasteiger charge is 2.08. The van der Waals surface area contributed by atoms with Gasteiger partial charge in [0.1, 0.15) is 5.69 Å². The zero-order chi connectivity index (χ0) is 13.1. The molecule has 1 heterocycles. The summed E-state index contributed by atoms with van der Waals surface area (Å²) in [7, 11) is 1.78. The molecule has 2 rings (SSSR count). The van der Waals surface area contributed by atoms with Crippen molar-refractivity contribution < 1.29 is 0 Å². The molecule has 0 radical (unpaired) electrons. The summed E-state index contributed by atoms with van der Waals surface area (Å²) in [5.74, 6) is 0. The number of aromatic nitrogens is 2. The first-order valence-electron chi connectivity index (χ1n) is 5.63. The van der Waals surface area contributed by atoms with Crippen LogP contribution in [0.4, 0.5) is 0 Å². The second-order valence-electron chi connectivity index (χ2n) is 3.99. The van der Waals surface area contributed by atoms with Gasteiger partial charge < -0.3 is 5.32 Å². The number of para-hydroxylation sites is 1. The third-order valence-electron chi connectivity index (χ3n) is 2.60. The lowest BCUT2D eigenvalue weighted by molar-refractivity contribution is 0.704. The number of benzene rings is 1. The molecule has 0 unspecified atom stereocenters. The van der Waals surface area contributed by atoms with Crippen molar-refractivity contribution in [2.75, 3.05) is 7.05 Å². The molecule has 1 N–H and O–H groups in total. The van der Waals surface area contributed by atoms with Crippen molar-refractivity contribution in [1.82, 2.24) is 15.1 Å². The number of hydrogen-bond donors (Lipinski definition) is 1. The van der Waals surface area contributed by atoms with Crippen LogP contribution >= 0.6 is 11.6 Å². The first-order valence-corrected chi connectivity index (χ1v) is 6.00. The maximum absolute atomic E-state index is 11.7. The smallest absolute Gasteiger partial charge is 0.204 e. The first-order chi connectivity index (χ1) is 8.63. The highest BCUT2D eigenvalue weighted by atomic mass is 35.5. The van der Waals surface area contributed by atoms with Gasteiger partial charge >= 0.3 is 0 Å². The average molecular weight is 264 g/mol. The van der Waals surface area contributed by atoms with E-state index in [1.54, 1.807) is 23.9 Å². The van der Waals surface area contributed by atoms with Crippen molar-refractivity contribution in [3.63, 3.8) is 0 Å². The van der Waals surface area contributed by atoms with Crippen LogP contribution in [-0.2, 0) is 6.54 Å². The van der Waals surface area contributed by atoms with Gasteiger partial charge in [-0.1, -0.05) is 23.7 Å². The van der Waals surface area contributed by atoms with Crippen LogP contribution < -0.4 is 10.7 Å². The molecule has 94 valence electrons. The van der Waals surface area contributed by atoms with Crippen LogP contribution in [0.1, 0.15) is 11.4 Å². The fourth-order valence-corrected chi connectivity index (χ4v) is 1.96. The molecule has 4 nitrogen and oxygen atoms in total. The Morgan fingerprint density at radius 3 is 2.78 bits per heavy atom. The summed E-state index contributed by atoms with van der Waals surface area (Å²) < 4.78 is 1.69. The summed E-state index contributed by atoms with van der Waals surface area (Å²) in [6.07, 6.45) is 0. The number of rotatable bonds is 3. The highest BCUT2D eigenvalue weighted by molar-refractivity contribution is 6.32. The molecule has 1 aromatic heterocycles. The Hall–Kier alpha value is -1.65. The molecule has 0 aliphatic carbocycles. The Morgan fingerprint density at radius 1 is 1.39 bits per heavy atom. The van der Waals surface area contributed by atoms with E-state index in [0.717, 1.165) is 11.4 Å². The van der Waals surface area contributed by atoms with Gasteiger partial charge in [0.05, 0.1) is 10.7 Å². The van der Waals surface area contributed by atoms with Gasteiger partial charge in [-0.25, -0.2) is 4.68 Å². The minimum Gasteiger partial charge on any atom is -0.314 e. The van der Waals surface area contributed by atoms with Gasteiger partial charge in [-0.15, -0.1) is 0 Å². The van der Waals surface area contributed by atoms with Crippen LogP contribution in [0.2, 0.25) is 5.02 Å². The van der Waals surface area contributed by atoms with Crippen LogP contribution in [0.15, 0.2) is 35.1 Å². The Kier molecular flexibility index (Phi) is 3.79. The number of halogens is 1. The van der Waals surface area contributed by atoms with Gasteiger partial charge in [0.2, 0.25) is 5.43 Å². The predicted molar refractivity (Wildman–Crippen MR) is 72.3 cm³/mol. The maximum atomic E-state index is 11.7. The van der Waals surface area contributed by atoms with Gasteiger partial charge in [-0.3, -0.25) is 4.79 Å². The third-order valence-corrected chi connectivity index (χ3v) is 2.92. The van der Waals surface area contributed by atoms with Crippen molar-refractivity contribution in [2.45, 2.75) is 13.5 Å². The molecular formula is C13H14ClN3O. The average Bonchev–Trinajstić information content (AvgIpc) is 2.34. The Morgan fingerprint density at radius 2 is 2.11 bits per heavy atom. The lowest BCUT2D eigenvalue weighted by atomic mass is 10.3. The van der Waals surface area contributed by atoms with Gasteiger partial charge in [-0.05, 0) is 26.1 Å². The monoisotopic (exact) mass is 263 g/mol. The van der Waals surface area contributed by atoms with Gasteiger partial charge in [0, 0.05) is 18.3 Å². The molecule has 2 aromatic rings. The molecule has 0 bridgehead atoms. The summed E-state index contributed by atoms with van der Waals surface area (Å²) in [5.41, 5.74) is 1.94. The van der Waals surface area contributed by atoms with E-state index in [2.05, 4.69) is 10.4 Å². The Bertz CT molecular complexity index is 622. The fourth-order valence-electron chi connectivity index (χ4n) is 1.74. The van der Waals surface area contributed by atoms with Crippen molar-refractivity contribution >= 4 is 11.6 Å². The van der Waals surface area contributed by atoms with Crippen LogP contribution in [0, 0.1) is 6.92 Å². The molecule has 0 aliphatic heterocycles. The van der Waals surface area contributed by atoms with Crippen LogP contribution in [0.25, 0.3) is 5.69 Å². The molecule has 18 heavy (non-hydrogen) atoms. The topological polar surface area (TPSA) is 46.9 Å². The van der Waals surface area contributed by atoms with Crippen LogP contribution in [-0.4, -0.2) is 16.8 Å². The number of nitrogens with zero attached hydrogens (tertiary/aromatic N) is 2. The predicted octanol–water partition coefficient (Wildman–Crippen LogP) is 1.91. The molecule has 5 heteroatoms. The van der Waals surface area contributed by atoms with Gasteiger partial charge in [0.15, 0.2) is 0 Å². The summed E-state index contributed by atoms with van der Waals surface area (Å²) in [6, 6.07) is 8.99. The largest absolute Gasteiger partial charge is 0.314 e. The second kappa shape index (κ2) is 5.33. The summed E-state index contributed by atoms with van der Waals surface area (Å²) in [6.45, 7) is 2.27. The molecular weight excluding hydrogens is 250 g/mol. The van der Waals surface area contributed by atoms with Crippen molar-refractivity contribution in [1.29, 1.82) is 0 Å². The van der Waals surface area contributed by atoms with Crippen molar-refractivity contribution in [3.05, 3.63) is 57.0 Å². The molecule has 0 fully saturated rings. The lowest BCUT2D eigenvalue weighted by Gasteiger charge is -2.12. The quantitative estimate of drug-likeness (QED) is 0.920. The molecule has 0 saturated carbocycles.